The number of carboxylic acids is 1. The molecule has 156 valence electrons. The van der Waals surface area contributed by atoms with Crippen LogP contribution in [0.4, 0.5) is 0 Å². The third-order valence-electron chi connectivity index (χ3n) is 4.39. The van der Waals surface area contributed by atoms with Crippen LogP contribution in [0.5, 0.6) is 0 Å². The first kappa shape index (κ1) is 25.4. The molecule has 0 rings (SSSR count). The van der Waals surface area contributed by atoms with E-state index in [-0.39, 0.29) is 18.5 Å². The molecule has 0 aliphatic heterocycles. The molecule has 4 nitrogen and oxygen atoms in total. The SMILES string of the molecule is CCC/C=C\C/C=C\C(CCCCCCC(=O)O)OC(=O)CCCCCC. The van der Waals surface area contributed by atoms with E-state index in [1.807, 2.05) is 6.08 Å². The van der Waals surface area contributed by atoms with Crippen LogP contribution in [0, 0.1) is 0 Å². The van der Waals surface area contributed by atoms with Gasteiger partial charge in [0.15, 0.2) is 0 Å². The van der Waals surface area contributed by atoms with Crippen molar-refractivity contribution in [3.63, 3.8) is 0 Å². The molecule has 1 N–H and O–H groups in total. The molecule has 27 heavy (non-hydrogen) atoms. The lowest BCUT2D eigenvalue weighted by Crippen LogP contribution is -2.16. The maximum Gasteiger partial charge on any atom is 0.306 e. The fraction of sp³-hybridized carbons (Fsp3) is 0.739. The molecule has 0 amide bonds. The first-order chi connectivity index (χ1) is 13.1. The van der Waals surface area contributed by atoms with Crippen LogP contribution in [0.15, 0.2) is 24.3 Å². The highest BCUT2D eigenvalue weighted by molar-refractivity contribution is 5.69. The first-order valence-corrected chi connectivity index (χ1v) is 10.8. The largest absolute Gasteiger partial charge is 0.481 e. The van der Waals surface area contributed by atoms with E-state index < -0.39 is 5.97 Å². The smallest absolute Gasteiger partial charge is 0.306 e. The predicted molar refractivity (Wildman–Crippen MR) is 112 cm³/mol. The number of unbranched alkanes of at least 4 members (excludes halogenated alkanes) is 7. The Labute approximate surface area is 166 Å². The van der Waals surface area contributed by atoms with Gasteiger partial charge in [0, 0.05) is 12.8 Å². The molecule has 1 unspecified atom stereocenters. The maximum absolute atomic E-state index is 12.1. The van der Waals surface area contributed by atoms with E-state index in [1.54, 1.807) is 0 Å². The molecule has 4 heteroatoms. The van der Waals surface area contributed by atoms with E-state index in [0.29, 0.717) is 6.42 Å². The zero-order valence-electron chi connectivity index (χ0n) is 17.5. The van der Waals surface area contributed by atoms with Crippen LogP contribution in [-0.2, 0) is 14.3 Å². The number of carboxylic acid groups (broad SMARTS) is 1. The van der Waals surface area contributed by atoms with Crippen molar-refractivity contribution in [1.29, 1.82) is 0 Å². The van der Waals surface area contributed by atoms with Crippen molar-refractivity contribution in [3.05, 3.63) is 24.3 Å². The van der Waals surface area contributed by atoms with E-state index in [9.17, 15) is 9.59 Å². The summed E-state index contributed by atoms with van der Waals surface area (Å²) in [5.74, 6) is -0.836. The molecule has 0 aromatic rings. The summed E-state index contributed by atoms with van der Waals surface area (Å²) in [5.41, 5.74) is 0. The highest BCUT2D eigenvalue weighted by Crippen LogP contribution is 2.13. The Balaban J connectivity index is 4.24. The molecule has 0 saturated carbocycles. The van der Waals surface area contributed by atoms with Crippen LogP contribution >= 0.6 is 0 Å². The molecule has 0 aliphatic carbocycles. The highest BCUT2D eigenvalue weighted by atomic mass is 16.5. The number of carbonyl (C=O) groups excluding carboxylic acids is 1. The number of hydrogen-bond donors (Lipinski definition) is 1. The average molecular weight is 381 g/mol. The number of ether oxygens (including phenoxy) is 1. The van der Waals surface area contributed by atoms with E-state index in [4.69, 9.17) is 9.84 Å². The van der Waals surface area contributed by atoms with Gasteiger partial charge in [-0.1, -0.05) is 70.6 Å². The lowest BCUT2D eigenvalue weighted by atomic mass is 10.1. The summed E-state index contributed by atoms with van der Waals surface area (Å²) in [6.07, 6.45) is 20.8. The Hall–Kier alpha value is -1.58. The third kappa shape index (κ3) is 19.0. The molecule has 0 aromatic heterocycles. The number of carbonyl (C=O) groups is 2. The van der Waals surface area contributed by atoms with Gasteiger partial charge < -0.3 is 9.84 Å². The minimum atomic E-state index is -0.732. The summed E-state index contributed by atoms with van der Waals surface area (Å²) in [5, 5.41) is 8.66. The molecule has 0 saturated heterocycles. The Bertz CT molecular complexity index is 426. The van der Waals surface area contributed by atoms with Crippen molar-refractivity contribution in [3.8, 4) is 0 Å². The second-order valence-corrected chi connectivity index (χ2v) is 7.11. The standard InChI is InChI=1S/C23H40O4/c1-3-5-7-9-10-13-17-21(18-14-11-12-15-19-22(24)25)27-23(26)20-16-8-6-4-2/h7,9,13,17,21H,3-6,8,10-12,14-16,18-20H2,1-2H3,(H,24,25)/b9-7-,17-13-. The second kappa shape index (κ2) is 19.2. The number of aliphatic carboxylic acids is 1. The van der Waals surface area contributed by atoms with Crippen molar-refractivity contribution < 1.29 is 19.4 Å². The fourth-order valence-corrected chi connectivity index (χ4v) is 2.78. The van der Waals surface area contributed by atoms with Gasteiger partial charge in [0.1, 0.15) is 6.10 Å². The van der Waals surface area contributed by atoms with Crippen LogP contribution in [0.1, 0.15) is 104 Å². The third-order valence-corrected chi connectivity index (χ3v) is 4.39. The minimum absolute atomic E-state index is 0.104. The van der Waals surface area contributed by atoms with E-state index in [2.05, 4.69) is 32.1 Å². The maximum atomic E-state index is 12.1. The van der Waals surface area contributed by atoms with Crippen LogP contribution in [-0.4, -0.2) is 23.1 Å². The van der Waals surface area contributed by atoms with Gasteiger partial charge in [-0.2, -0.15) is 0 Å². The molecular formula is C23H40O4. The summed E-state index contributed by atoms with van der Waals surface area (Å²) in [4.78, 5) is 22.6. The van der Waals surface area contributed by atoms with Gasteiger partial charge in [-0.15, -0.1) is 0 Å². The van der Waals surface area contributed by atoms with Gasteiger partial charge in [-0.25, -0.2) is 0 Å². The molecule has 0 aromatic carbocycles. The molecule has 0 fully saturated rings. The van der Waals surface area contributed by atoms with Gasteiger partial charge >= 0.3 is 11.9 Å². The van der Waals surface area contributed by atoms with Crippen LogP contribution in [0.2, 0.25) is 0 Å². The van der Waals surface area contributed by atoms with E-state index >= 15 is 0 Å². The number of rotatable bonds is 18. The monoisotopic (exact) mass is 380 g/mol. The Morgan fingerprint density at radius 2 is 1.56 bits per heavy atom. The van der Waals surface area contributed by atoms with Gasteiger partial charge in [0.05, 0.1) is 0 Å². The zero-order chi connectivity index (χ0) is 20.2. The van der Waals surface area contributed by atoms with Gasteiger partial charge in [0.25, 0.3) is 0 Å². The van der Waals surface area contributed by atoms with Crippen LogP contribution < -0.4 is 0 Å². The minimum Gasteiger partial charge on any atom is -0.481 e. The van der Waals surface area contributed by atoms with Crippen LogP contribution in [0.25, 0.3) is 0 Å². The Kier molecular flexibility index (Phi) is 18.1. The van der Waals surface area contributed by atoms with Crippen molar-refractivity contribution in [2.75, 3.05) is 0 Å². The summed E-state index contributed by atoms with van der Waals surface area (Å²) in [6, 6.07) is 0. The zero-order valence-corrected chi connectivity index (χ0v) is 17.5. The molecule has 0 heterocycles. The number of hydrogen-bond acceptors (Lipinski definition) is 3. The molecule has 0 spiro atoms. The number of allylic oxidation sites excluding steroid dienone is 3. The summed E-state index contributed by atoms with van der Waals surface area (Å²) >= 11 is 0. The highest BCUT2D eigenvalue weighted by Gasteiger charge is 2.11. The summed E-state index contributed by atoms with van der Waals surface area (Å²) < 4.78 is 5.66. The molecular weight excluding hydrogens is 340 g/mol. The molecule has 0 radical (unpaired) electrons. The Morgan fingerprint density at radius 3 is 2.26 bits per heavy atom. The normalized spacial score (nSPS) is 12.7. The van der Waals surface area contributed by atoms with Crippen molar-refractivity contribution >= 4 is 11.9 Å². The summed E-state index contributed by atoms with van der Waals surface area (Å²) in [6.45, 7) is 4.32. The average Bonchev–Trinajstić information content (AvgIpc) is 2.64. The lowest BCUT2D eigenvalue weighted by Gasteiger charge is -2.14. The molecule has 0 aliphatic rings. The second-order valence-electron chi connectivity index (χ2n) is 7.11. The quantitative estimate of drug-likeness (QED) is 0.165. The van der Waals surface area contributed by atoms with E-state index in [0.717, 1.165) is 77.0 Å². The summed E-state index contributed by atoms with van der Waals surface area (Å²) in [7, 11) is 0. The van der Waals surface area contributed by atoms with Crippen molar-refractivity contribution in [1.82, 2.24) is 0 Å². The van der Waals surface area contributed by atoms with Gasteiger partial charge in [-0.05, 0) is 44.6 Å². The van der Waals surface area contributed by atoms with E-state index in [1.165, 1.54) is 0 Å². The van der Waals surface area contributed by atoms with Gasteiger partial charge in [0.2, 0.25) is 0 Å². The number of esters is 1. The van der Waals surface area contributed by atoms with Crippen molar-refractivity contribution in [2.24, 2.45) is 0 Å². The Morgan fingerprint density at radius 1 is 0.852 bits per heavy atom. The first-order valence-electron chi connectivity index (χ1n) is 10.8. The fourth-order valence-electron chi connectivity index (χ4n) is 2.78. The molecule has 0 bridgehead atoms. The van der Waals surface area contributed by atoms with Crippen molar-refractivity contribution in [2.45, 2.75) is 110 Å². The van der Waals surface area contributed by atoms with Gasteiger partial charge in [-0.3, -0.25) is 9.59 Å². The topological polar surface area (TPSA) is 63.6 Å². The molecule has 1 atom stereocenters. The van der Waals surface area contributed by atoms with Crippen LogP contribution in [0.3, 0.4) is 0 Å². The lowest BCUT2D eigenvalue weighted by molar-refractivity contribution is -0.147. The predicted octanol–water partition coefficient (Wildman–Crippen LogP) is 6.60.